The number of unbranched alkanes of at least 4 members (excludes halogenated alkanes) is 2. The van der Waals surface area contributed by atoms with E-state index in [9.17, 15) is 0 Å². The third-order valence-corrected chi connectivity index (χ3v) is 12.3. The van der Waals surface area contributed by atoms with Crippen LogP contribution in [-0.2, 0) is 0 Å². The van der Waals surface area contributed by atoms with Crippen LogP contribution in [0, 0.1) is 11.8 Å². The second-order valence-electron chi connectivity index (χ2n) is 8.65. The molecule has 2 nitrogen and oxygen atoms in total. The van der Waals surface area contributed by atoms with Gasteiger partial charge in [0.1, 0.15) is 8.07 Å². The molecule has 1 aliphatic heterocycles. The number of furan rings is 2. The van der Waals surface area contributed by atoms with Crippen LogP contribution in [0.5, 0.6) is 0 Å². The zero-order valence-electron chi connectivity index (χ0n) is 17.9. The third-order valence-electron chi connectivity index (χ3n) is 6.93. The maximum atomic E-state index is 5.95. The van der Waals surface area contributed by atoms with Crippen LogP contribution in [0.15, 0.2) is 33.5 Å². The first-order valence-electron chi connectivity index (χ1n) is 11.4. The van der Waals surface area contributed by atoms with Gasteiger partial charge in [-0.2, -0.15) is 0 Å². The molecule has 2 aromatic rings. The van der Waals surface area contributed by atoms with Gasteiger partial charge in [0.15, 0.2) is 11.5 Å². The molecule has 0 saturated heterocycles. The van der Waals surface area contributed by atoms with E-state index in [0.717, 1.165) is 23.4 Å². The minimum atomic E-state index is -1.82. The first kappa shape index (κ1) is 20.5. The smallest absolute Gasteiger partial charge is 0.168 e. The molecule has 3 rings (SSSR count). The number of hydrogen-bond acceptors (Lipinski definition) is 2. The Morgan fingerprint density at radius 2 is 1.19 bits per heavy atom. The molecule has 0 spiro atoms. The molecule has 3 heterocycles. The summed E-state index contributed by atoms with van der Waals surface area (Å²) in [6.07, 6.45) is 14.4. The van der Waals surface area contributed by atoms with E-state index in [1.807, 2.05) is 12.5 Å². The predicted octanol–water partition coefficient (Wildman–Crippen LogP) is 6.85. The van der Waals surface area contributed by atoms with E-state index in [1.54, 1.807) is 0 Å². The van der Waals surface area contributed by atoms with Crippen molar-refractivity contribution in [3.63, 3.8) is 0 Å². The van der Waals surface area contributed by atoms with Crippen molar-refractivity contribution >= 4 is 18.4 Å². The van der Waals surface area contributed by atoms with Crippen molar-refractivity contribution in [1.82, 2.24) is 0 Å². The number of rotatable bonds is 12. The summed E-state index contributed by atoms with van der Waals surface area (Å²) in [6, 6.07) is 7.31. The largest absolute Gasteiger partial charge is 0.461 e. The Morgan fingerprint density at radius 3 is 1.56 bits per heavy atom. The van der Waals surface area contributed by atoms with Crippen molar-refractivity contribution in [2.24, 2.45) is 11.8 Å². The second-order valence-corrected chi connectivity index (χ2v) is 12.7. The summed E-state index contributed by atoms with van der Waals surface area (Å²) in [5.41, 5.74) is 0. The van der Waals surface area contributed by atoms with Gasteiger partial charge in [-0.25, -0.2) is 0 Å². The SMILES string of the molecule is CCCCC(CC)C[Si]1(CC(CC)CCCC)c2ccoc2-c2occc21. The van der Waals surface area contributed by atoms with E-state index in [4.69, 9.17) is 8.83 Å². The van der Waals surface area contributed by atoms with Crippen LogP contribution < -0.4 is 10.4 Å². The van der Waals surface area contributed by atoms with Gasteiger partial charge in [0.25, 0.3) is 0 Å². The lowest BCUT2D eigenvalue weighted by atomic mass is 10.0. The molecule has 2 aromatic heterocycles. The molecule has 0 bridgehead atoms. The van der Waals surface area contributed by atoms with Crippen LogP contribution in [0.4, 0.5) is 0 Å². The van der Waals surface area contributed by atoms with Gasteiger partial charge in [-0.15, -0.1) is 0 Å². The summed E-state index contributed by atoms with van der Waals surface area (Å²) in [4.78, 5) is 0. The molecule has 0 amide bonds. The van der Waals surface area contributed by atoms with Crippen LogP contribution >= 0.6 is 0 Å². The minimum Gasteiger partial charge on any atom is -0.461 e. The highest BCUT2D eigenvalue weighted by Gasteiger charge is 2.50. The standard InChI is InChI=1S/C24H38O2Si/c1-5-9-11-19(7-3)17-27(18-20(8-4)12-10-6-2)21-13-15-25-23(21)24-22(27)14-16-26-24/h13-16,19-20H,5-12,17-18H2,1-4H3. The molecule has 1 aliphatic rings. The van der Waals surface area contributed by atoms with E-state index < -0.39 is 8.07 Å². The lowest BCUT2D eigenvalue weighted by Crippen LogP contribution is -2.56. The molecule has 0 aliphatic carbocycles. The summed E-state index contributed by atoms with van der Waals surface area (Å²) in [5, 5.41) is 3.06. The topological polar surface area (TPSA) is 26.3 Å². The Kier molecular flexibility index (Phi) is 7.08. The van der Waals surface area contributed by atoms with Gasteiger partial charge in [0, 0.05) is 0 Å². The number of hydrogen-bond donors (Lipinski definition) is 0. The van der Waals surface area contributed by atoms with Crippen molar-refractivity contribution < 1.29 is 8.83 Å². The zero-order valence-corrected chi connectivity index (χ0v) is 18.9. The lowest BCUT2D eigenvalue weighted by molar-refractivity contribution is 0.469. The fraction of sp³-hybridized carbons (Fsp3) is 0.667. The molecule has 27 heavy (non-hydrogen) atoms. The molecule has 0 aromatic carbocycles. The van der Waals surface area contributed by atoms with Gasteiger partial charge < -0.3 is 8.83 Å². The quantitative estimate of drug-likeness (QED) is 0.373. The summed E-state index contributed by atoms with van der Waals surface area (Å²) in [6.45, 7) is 9.40. The van der Waals surface area contributed by atoms with E-state index in [2.05, 4.69) is 39.8 Å². The molecule has 2 unspecified atom stereocenters. The summed E-state index contributed by atoms with van der Waals surface area (Å²) < 4.78 is 11.9. The van der Waals surface area contributed by atoms with Gasteiger partial charge in [-0.1, -0.05) is 79.1 Å². The molecule has 3 heteroatoms. The van der Waals surface area contributed by atoms with Crippen molar-refractivity contribution in [2.45, 2.75) is 91.1 Å². The normalized spacial score (nSPS) is 16.9. The van der Waals surface area contributed by atoms with Crippen LogP contribution in [-0.4, -0.2) is 8.07 Å². The average molecular weight is 387 g/mol. The molecular weight excluding hydrogens is 348 g/mol. The molecule has 0 N–H and O–H groups in total. The second kappa shape index (κ2) is 9.32. The van der Waals surface area contributed by atoms with Gasteiger partial charge in [0.05, 0.1) is 12.5 Å². The predicted molar refractivity (Wildman–Crippen MR) is 118 cm³/mol. The maximum absolute atomic E-state index is 5.95. The number of fused-ring (bicyclic) bond motifs is 3. The summed E-state index contributed by atoms with van der Waals surface area (Å²) in [7, 11) is -1.82. The van der Waals surface area contributed by atoms with Crippen LogP contribution in [0.3, 0.4) is 0 Å². The third kappa shape index (κ3) is 3.99. The van der Waals surface area contributed by atoms with Crippen LogP contribution in [0.25, 0.3) is 11.5 Å². The Hall–Kier alpha value is -1.22. The van der Waals surface area contributed by atoms with Gasteiger partial charge in [-0.05, 0) is 46.4 Å². The van der Waals surface area contributed by atoms with E-state index >= 15 is 0 Å². The van der Waals surface area contributed by atoms with Gasteiger partial charge >= 0.3 is 0 Å². The molecule has 2 atom stereocenters. The van der Waals surface area contributed by atoms with E-state index in [0.29, 0.717) is 0 Å². The first-order valence-corrected chi connectivity index (χ1v) is 13.8. The van der Waals surface area contributed by atoms with E-state index in [1.165, 1.54) is 73.8 Å². The summed E-state index contributed by atoms with van der Waals surface area (Å²) in [5.74, 6) is 3.75. The molecule has 150 valence electrons. The highest BCUT2D eigenvalue weighted by atomic mass is 28.3. The Labute approximate surface area is 166 Å². The maximum Gasteiger partial charge on any atom is 0.168 e. The summed E-state index contributed by atoms with van der Waals surface area (Å²) >= 11 is 0. The fourth-order valence-corrected chi connectivity index (χ4v) is 11.5. The Balaban J connectivity index is 1.97. The lowest BCUT2D eigenvalue weighted by Gasteiger charge is -2.34. The monoisotopic (exact) mass is 386 g/mol. The molecule has 0 fully saturated rings. The van der Waals surface area contributed by atoms with Gasteiger partial charge in [0.2, 0.25) is 0 Å². The van der Waals surface area contributed by atoms with E-state index in [-0.39, 0.29) is 0 Å². The van der Waals surface area contributed by atoms with Crippen molar-refractivity contribution in [2.75, 3.05) is 0 Å². The van der Waals surface area contributed by atoms with Crippen LogP contribution in [0.1, 0.15) is 79.1 Å². The Morgan fingerprint density at radius 1 is 0.741 bits per heavy atom. The van der Waals surface area contributed by atoms with Crippen molar-refractivity contribution in [1.29, 1.82) is 0 Å². The first-order chi connectivity index (χ1) is 13.2. The molecular formula is C24H38O2Si. The molecule has 0 radical (unpaired) electrons. The minimum absolute atomic E-state index is 0.823. The Bertz CT molecular complexity index is 639. The average Bonchev–Trinajstić information content (AvgIpc) is 3.39. The van der Waals surface area contributed by atoms with Crippen molar-refractivity contribution in [3.8, 4) is 11.5 Å². The van der Waals surface area contributed by atoms with Crippen molar-refractivity contribution in [3.05, 3.63) is 24.7 Å². The zero-order chi connectivity index (χ0) is 19.3. The highest BCUT2D eigenvalue weighted by Crippen LogP contribution is 2.40. The molecule has 0 saturated carbocycles. The van der Waals surface area contributed by atoms with Gasteiger partial charge in [-0.3, -0.25) is 0 Å². The fourth-order valence-electron chi connectivity index (χ4n) is 5.26. The van der Waals surface area contributed by atoms with Crippen LogP contribution in [0.2, 0.25) is 12.1 Å². The highest BCUT2D eigenvalue weighted by molar-refractivity contribution is 7.05.